The van der Waals surface area contributed by atoms with Crippen LogP contribution >= 0.6 is 0 Å². The van der Waals surface area contributed by atoms with Crippen molar-refractivity contribution in [2.75, 3.05) is 16.2 Å². The second kappa shape index (κ2) is 2.63. The molecule has 0 saturated heterocycles. The Morgan fingerprint density at radius 3 is 2.92 bits per heavy atom. The van der Waals surface area contributed by atoms with Crippen molar-refractivity contribution in [1.29, 1.82) is 0 Å². The van der Waals surface area contributed by atoms with Crippen LogP contribution in [-0.4, -0.2) is 14.2 Å². The van der Waals surface area contributed by atoms with E-state index in [0.717, 1.165) is 5.56 Å². The van der Waals surface area contributed by atoms with E-state index in [2.05, 4.69) is 4.72 Å². The first kappa shape index (κ1) is 8.37. The summed E-state index contributed by atoms with van der Waals surface area (Å²) in [6, 6.07) is 5.24. The normalized spacial score (nSPS) is 18.8. The highest BCUT2D eigenvalue weighted by molar-refractivity contribution is 7.92. The first-order chi connectivity index (χ1) is 6.08. The third-order valence-electron chi connectivity index (χ3n) is 2.10. The predicted molar refractivity (Wildman–Crippen MR) is 52.0 cm³/mol. The third kappa shape index (κ3) is 1.47. The van der Waals surface area contributed by atoms with Gasteiger partial charge in [0.25, 0.3) is 0 Å². The summed E-state index contributed by atoms with van der Waals surface area (Å²) in [5.41, 5.74) is 7.86. The molecule has 70 valence electrons. The van der Waals surface area contributed by atoms with Gasteiger partial charge in [-0.1, -0.05) is 6.07 Å². The molecular formula is C8H10N2O2S. The number of sulfonamides is 1. The average Bonchev–Trinajstić information content (AvgIpc) is 2.02. The number of hydrogen-bond donors (Lipinski definition) is 2. The Kier molecular flexibility index (Phi) is 1.69. The van der Waals surface area contributed by atoms with Gasteiger partial charge in [-0.05, 0) is 18.6 Å². The summed E-state index contributed by atoms with van der Waals surface area (Å²) < 4.78 is 24.8. The number of fused-ring (bicyclic) bond motifs is 1. The molecule has 0 aliphatic carbocycles. The van der Waals surface area contributed by atoms with E-state index in [-0.39, 0.29) is 5.75 Å². The highest BCUT2D eigenvalue weighted by Gasteiger charge is 2.20. The monoisotopic (exact) mass is 198 g/mol. The molecule has 4 nitrogen and oxygen atoms in total. The fourth-order valence-corrected chi connectivity index (χ4v) is 2.54. The molecular weight excluding hydrogens is 188 g/mol. The zero-order valence-corrected chi connectivity index (χ0v) is 7.76. The number of rotatable bonds is 0. The number of nitrogen functional groups attached to an aromatic ring is 1. The van der Waals surface area contributed by atoms with Gasteiger partial charge in [0, 0.05) is 11.3 Å². The summed E-state index contributed by atoms with van der Waals surface area (Å²) in [4.78, 5) is 0. The van der Waals surface area contributed by atoms with Gasteiger partial charge in [0.15, 0.2) is 0 Å². The van der Waals surface area contributed by atoms with Crippen molar-refractivity contribution in [2.45, 2.75) is 6.42 Å². The molecule has 3 N–H and O–H groups in total. The fourth-order valence-electron chi connectivity index (χ4n) is 1.43. The van der Waals surface area contributed by atoms with Gasteiger partial charge in [-0.25, -0.2) is 8.42 Å². The number of anilines is 2. The molecule has 0 atom stereocenters. The molecule has 1 aliphatic heterocycles. The van der Waals surface area contributed by atoms with Crippen LogP contribution in [0.25, 0.3) is 0 Å². The van der Waals surface area contributed by atoms with Crippen LogP contribution in [0.4, 0.5) is 11.4 Å². The van der Waals surface area contributed by atoms with Gasteiger partial charge in [-0.3, -0.25) is 4.72 Å². The van der Waals surface area contributed by atoms with Crippen LogP contribution in [0.1, 0.15) is 5.56 Å². The molecule has 13 heavy (non-hydrogen) atoms. The van der Waals surface area contributed by atoms with E-state index in [0.29, 0.717) is 17.8 Å². The minimum atomic E-state index is -3.12. The van der Waals surface area contributed by atoms with E-state index in [1.54, 1.807) is 18.2 Å². The Morgan fingerprint density at radius 2 is 2.15 bits per heavy atom. The van der Waals surface area contributed by atoms with Crippen LogP contribution in [-0.2, 0) is 16.4 Å². The van der Waals surface area contributed by atoms with Crippen molar-refractivity contribution in [3.8, 4) is 0 Å². The Morgan fingerprint density at radius 1 is 1.38 bits per heavy atom. The summed E-state index contributed by atoms with van der Waals surface area (Å²) in [6.45, 7) is 0. The van der Waals surface area contributed by atoms with E-state index in [9.17, 15) is 8.42 Å². The summed E-state index contributed by atoms with van der Waals surface area (Å²) >= 11 is 0. The molecule has 0 fully saturated rings. The number of benzene rings is 1. The number of hydrogen-bond acceptors (Lipinski definition) is 3. The fraction of sp³-hybridized carbons (Fsp3) is 0.250. The van der Waals surface area contributed by atoms with Crippen LogP contribution in [0.15, 0.2) is 18.2 Å². The molecule has 0 aromatic heterocycles. The minimum Gasteiger partial charge on any atom is -0.398 e. The Labute approximate surface area is 76.8 Å². The molecule has 0 amide bonds. The summed E-state index contributed by atoms with van der Waals surface area (Å²) in [5.74, 6) is 0.119. The maximum Gasteiger partial charge on any atom is 0.233 e. The number of nitrogens with one attached hydrogen (secondary N) is 1. The third-order valence-corrected chi connectivity index (χ3v) is 3.37. The van der Waals surface area contributed by atoms with Gasteiger partial charge in [0.1, 0.15) is 0 Å². The Bertz CT molecular complexity index is 439. The summed E-state index contributed by atoms with van der Waals surface area (Å²) in [7, 11) is -3.12. The molecule has 1 aromatic rings. The van der Waals surface area contributed by atoms with Gasteiger partial charge < -0.3 is 5.73 Å². The van der Waals surface area contributed by atoms with Crippen molar-refractivity contribution < 1.29 is 8.42 Å². The van der Waals surface area contributed by atoms with Crippen molar-refractivity contribution in [1.82, 2.24) is 0 Å². The molecule has 0 saturated carbocycles. The largest absolute Gasteiger partial charge is 0.398 e. The lowest BCUT2D eigenvalue weighted by Gasteiger charge is -2.19. The molecule has 1 aromatic carbocycles. The first-order valence-corrected chi connectivity index (χ1v) is 5.61. The van der Waals surface area contributed by atoms with E-state index < -0.39 is 10.0 Å². The molecule has 2 rings (SSSR count). The van der Waals surface area contributed by atoms with Crippen LogP contribution in [0.5, 0.6) is 0 Å². The average molecular weight is 198 g/mol. The molecule has 1 heterocycles. The van der Waals surface area contributed by atoms with Crippen LogP contribution in [0, 0.1) is 0 Å². The molecule has 1 aliphatic rings. The van der Waals surface area contributed by atoms with Crippen LogP contribution in [0.3, 0.4) is 0 Å². The first-order valence-electron chi connectivity index (χ1n) is 3.96. The lowest BCUT2D eigenvalue weighted by atomic mass is 10.1. The molecule has 0 bridgehead atoms. The topological polar surface area (TPSA) is 72.2 Å². The highest BCUT2D eigenvalue weighted by Crippen LogP contribution is 2.27. The molecule has 0 unspecified atom stereocenters. The zero-order valence-electron chi connectivity index (χ0n) is 6.95. The smallest absolute Gasteiger partial charge is 0.233 e. The summed E-state index contributed by atoms with van der Waals surface area (Å²) in [6.07, 6.45) is 0.497. The Balaban J connectivity index is 2.54. The van der Waals surface area contributed by atoms with Gasteiger partial charge >= 0.3 is 0 Å². The van der Waals surface area contributed by atoms with E-state index in [1.165, 1.54) is 0 Å². The minimum absolute atomic E-state index is 0.119. The highest BCUT2D eigenvalue weighted by atomic mass is 32.2. The van der Waals surface area contributed by atoms with Crippen molar-refractivity contribution in [3.05, 3.63) is 23.8 Å². The molecule has 0 radical (unpaired) electrons. The van der Waals surface area contributed by atoms with Crippen LogP contribution < -0.4 is 10.5 Å². The van der Waals surface area contributed by atoms with E-state index >= 15 is 0 Å². The molecule has 5 heteroatoms. The Hall–Kier alpha value is -1.23. The predicted octanol–water partition coefficient (Wildman–Crippen LogP) is 0.567. The lowest BCUT2D eigenvalue weighted by Crippen LogP contribution is -2.24. The van der Waals surface area contributed by atoms with Gasteiger partial charge in [0.05, 0.1) is 11.4 Å². The van der Waals surface area contributed by atoms with Crippen LogP contribution in [0.2, 0.25) is 0 Å². The summed E-state index contributed by atoms with van der Waals surface area (Å²) in [5, 5.41) is 0. The van der Waals surface area contributed by atoms with Crippen molar-refractivity contribution >= 4 is 21.4 Å². The van der Waals surface area contributed by atoms with Crippen molar-refractivity contribution in [3.63, 3.8) is 0 Å². The second-order valence-corrected chi connectivity index (χ2v) is 4.89. The standard InChI is InChI=1S/C8H10N2O2S/c9-7-2-1-3-8-6(7)4-5-13(11,12)10-8/h1-3,10H,4-5,9H2. The lowest BCUT2D eigenvalue weighted by molar-refractivity contribution is 0.599. The van der Waals surface area contributed by atoms with Crippen molar-refractivity contribution in [2.24, 2.45) is 0 Å². The quantitative estimate of drug-likeness (QED) is 0.598. The maximum atomic E-state index is 11.2. The SMILES string of the molecule is Nc1cccc2c1CCS(=O)(=O)N2. The molecule has 0 spiro atoms. The maximum absolute atomic E-state index is 11.2. The van der Waals surface area contributed by atoms with E-state index in [4.69, 9.17) is 5.73 Å². The van der Waals surface area contributed by atoms with E-state index in [1.807, 2.05) is 0 Å². The van der Waals surface area contributed by atoms with Gasteiger partial charge in [-0.2, -0.15) is 0 Å². The van der Waals surface area contributed by atoms with Gasteiger partial charge in [-0.15, -0.1) is 0 Å². The zero-order chi connectivity index (χ0) is 9.47. The second-order valence-electron chi connectivity index (χ2n) is 3.04. The van der Waals surface area contributed by atoms with Gasteiger partial charge in [0.2, 0.25) is 10.0 Å². The number of nitrogens with two attached hydrogens (primary N) is 1.